The normalized spacial score (nSPS) is 17.2. The van der Waals surface area contributed by atoms with Gasteiger partial charge in [-0.1, -0.05) is 0 Å². The minimum absolute atomic E-state index is 0.699. The fourth-order valence-electron chi connectivity index (χ4n) is 2.91. The zero-order chi connectivity index (χ0) is 15.5. The van der Waals surface area contributed by atoms with Crippen LogP contribution in [-0.2, 0) is 0 Å². The summed E-state index contributed by atoms with van der Waals surface area (Å²) in [6, 6.07) is 3.96. The first kappa shape index (κ1) is 15.3. The molecule has 0 saturated carbocycles. The lowest BCUT2D eigenvalue weighted by Gasteiger charge is -2.32. The van der Waals surface area contributed by atoms with Gasteiger partial charge in [0.1, 0.15) is 11.3 Å². The molecular formula is C17H25N3O2. The molecule has 0 atom stereocenters. The van der Waals surface area contributed by atoms with Gasteiger partial charge in [0.15, 0.2) is 11.5 Å². The van der Waals surface area contributed by atoms with Crippen LogP contribution in [0.4, 0.5) is 0 Å². The number of ether oxygens (including phenoxy) is 1. The average molecular weight is 303 g/mol. The van der Waals surface area contributed by atoms with Gasteiger partial charge in [0.25, 0.3) is 0 Å². The molecule has 2 heterocycles. The molecule has 0 bridgehead atoms. The molecule has 0 unspecified atom stereocenters. The number of aryl methyl sites for hydroxylation is 2. The molecule has 0 radical (unpaired) electrons. The summed E-state index contributed by atoms with van der Waals surface area (Å²) in [5.41, 5.74) is 2.78. The molecule has 3 rings (SSSR count). The maximum absolute atomic E-state index is 5.94. The minimum Gasteiger partial charge on any atom is -0.493 e. The number of benzene rings is 1. The first-order chi connectivity index (χ1) is 10.6. The number of nitrogens with zero attached hydrogens (tertiary/aromatic N) is 3. The first-order valence-electron chi connectivity index (χ1n) is 8.04. The van der Waals surface area contributed by atoms with E-state index in [2.05, 4.69) is 21.8 Å². The molecule has 5 heteroatoms. The lowest BCUT2D eigenvalue weighted by molar-refractivity contribution is 0.145. The summed E-state index contributed by atoms with van der Waals surface area (Å²) < 4.78 is 11.6. The molecule has 1 aromatic carbocycles. The molecule has 5 nitrogen and oxygen atoms in total. The van der Waals surface area contributed by atoms with Crippen molar-refractivity contribution in [2.45, 2.75) is 20.3 Å². The highest BCUT2D eigenvalue weighted by atomic mass is 16.5. The van der Waals surface area contributed by atoms with Gasteiger partial charge in [-0.05, 0) is 32.5 Å². The lowest BCUT2D eigenvalue weighted by Crippen LogP contribution is -2.44. The highest BCUT2D eigenvalue weighted by molar-refractivity contribution is 5.78. The van der Waals surface area contributed by atoms with Crippen LogP contribution in [0.3, 0.4) is 0 Å². The summed E-state index contributed by atoms with van der Waals surface area (Å²) in [6.07, 6.45) is 1.05. The Morgan fingerprint density at radius 3 is 2.73 bits per heavy atom. The van der Waals surface area contributed by atoms with Crippen LogP contribution in [0.5, 0.6) is 5.75 Å². The Morgan fingerprint density at radius 2 is 1.95 bits per heavy atom. The summed E-state index contributed by atoms with van der Waals surface area (Å²) >= 11 is 0. The van der Waals surface area contributed by atoms with Gasteiger partial charge < -0.3 is 19.0 Å². The van der Waals surface area contributed by atoms with Crippen LogP contribution in [0.25, 0.3) is 11.1 Å². The fourth-order valence-corrected chi connectivity index (χ4v) is 2.91. The van der Waals surface area contributed by atoms with E-state index in [4.69, 9.17) is 9.15 Å². The molecule has 2 aromatic rings. The third kappa shape index (κ3) is 3.42. The van der Waals surface area contributed by atoms with Crippen LogP contribution in [-0.4, -0.2) is 61.2 Å². The number of aromatic nitrogens is 1. The van der Waals surface area contributed by atoms with Crippen LogP contribution < -0.4 is 4.74 Å². The van der Waals surface area contributed by atoms with E-state index in [0.717, 1.165) is 42.0 Å². The summed E-state index contributed by atoms with van der Waals surface area (Å²) in [7, 11) is 2.19. The van der Waals surface area contributed by atoms with Crippen molar-refractivity contribution in [1.29, 1.82) is 0 Å². The van der Waals surface area contributed by atoms with Gasteiger partial charge >= 0.3 is 0 Å². The average Bonchev–Trinajstić information content (AvgIpc) is 2.89. The van der Waals surface area contributed by atoms with Crippen LogP contribution in [0.1, 0.15) is 17.9 Å². The molecule has 1 aliphatic rings. The zero-order valence-electron chi connectivity index (χ0n) is 13.8. The zero-order valence-corrected chi connectivity index (χ0v) is 13.8. The van der Waals surface area contributed by atoms with E-state index >= 15 is 0 Å². The number of hydrogen-bond donors (Lipinski definition) is 0. The largest absolute Gasteiger partial charge is 0.493 e. The van der Waals surface area contributed by atoms with Gasteiger partial charge in [-0.15, -0.1) is 0 Å². The number of rotatable bonds is 5. The Kier molecular flexibility index (Phi) is 4.64. The number of likely N-dealkylation sites (N-methyl/N-ethyl adjacent to an activating group) is 1. The van der Waals surface area contributed by atoms with E-state index in [1.807, 2.05) is 26.0 Å². The molecule has 0 spiro atoms. The van der Waals surface area contributed by atoms with Crippen molar-refractivity contribution < 1.29 is 9.15 Å². The highest BCUT2D eigenvalue weighted by Gasteiger charge is 2.13. The lowest BCUT2D eigenvalue weighted by atomic mass is 10.2. The molecule has 1 aliphatic heterocycles. The van der Waals surface area contributed by atoms with Crippen molar-refractivity contribution in [3.05, 3.63) is 23.6 Å². The summed E-state index contributed by atoms with van der Waals surface area (Å²) in [4.78, 5) is 9.24. The third-order valence-corrected chi connectivity index (χ3v) is 4.34. The molecule has 22 heavy (non-hydrogen) atoms. The number of oxazole rings is 1. The molecule has 0 amide bonds. The van der Waals surface area contributed by atoms with Crippen molar-refractivity contribution in [2.75, 3.05) is 46.4 Å². The summed E-state index contributed by atoms with van der Waals surface area (Å²) in [5.74, 6) is 1.60. The summed E-state index contributed by atoms with van der Waals surface area (Å²) in [6.45, 7) is 10.4. The molecule has 1 saturated heterocycles. The topological polar surface area (TPSA) is 41.7 Å². The second-order valence-corrected chi connectivity index (χ2v) is 6.12. The van der Waals surface area contributed by atoms with Gasteiger partial charge in [0, 0.05) is 45.2 Å². The van der Waals surface area contributed by atoms with Crippen LogP contribution in [0.2, 0.25) is 0 Å². The molecule has 0 N–H and O–H groups in total. The van der Waals surface area contributed by atoms with Crippen molar-refractivity contribution >= 4 is 11.1 Å². The molecule has 1 fully saturated rings. The minimum atomic E-state index is 0.699. The van der Waals surface area contributed by atoms with Crippen molar-refractivity contribution in [3.8, 4) is 5.75 Å². The third-order valence-electron chi connectivity index (χ3n) is 4.34. The second-order valence-electron chi connectivity index (χ2n) is 6.12. The fraction of sp³-hybridized carbons (Fsp3) is 0.588. The predicted octanol–water partition coefficient (Wildman–Crippen LogP) is 2.46. The number of fused-ring (bicyclic) bond motifs is 1. The van der Waals surface area contributed by atoms with Gasteiger partial charge in [0.2, 0.25) is 0 Å². The first-order valence-corrected chi connectivity index (χ1v) is 8.04. The SMILES string of the molecule is Cc1nc2ccc(OCCCN3CCN(C)CC3)c(C)c2o1. The Labute approximate surface area is 131 Å². The number of hydrogen-bond acceptors (Lipinski definition) is 5. The molecule has 1 aromatic heterocycles. The Bertz CT molecular complexity index is 630. The van der Waals surface area contributed by atoms with E-state index in [-0.39, 0.29) is 0 Å². The Morgan fingerprint density at radius 1 is 1.18 bits per heavy atom. The molecular weight excluding hydrogens is 278 g/mol. The van der Waals surface area contributed by atoms with Gasteiger partial charge in [-0.25, -0.2) is 4.98 Å². The monoisotopic (exact) mass is 303 g/mol. The van der Waals surface area contributed by atoms with E-state index in [0.29, 0.717) is 5.89 Å². The standard InChI is InChI=1S/C17H25N3O2/c1-13-16(6-5-15-17(13)22-14(2)18-15)21-12-4-7-20-10-8-19(3)9-11-20/h5-6H,4,7-12H2,1-3H3. The number of piperazine rings is 1. The predicted molar refractivity (Wildman–Crippen MR) is 87.5 cm³/mol. The molecule has 120 valence electrons. The van der Waals surface area contributed by atoms with Crippen LogP contribution in [0, 0.1) is 13.8 Å². The van der Waals surface area contributed by atoms with Crippen LogP contribution in [0.15, 0.2) is 16.5 Å². The van der Waals surface area contributed by atoms with E-state index in [9.17, 15) is 0 Å². The van der Waals surface area contributed by atoms with Crippen molar-refractivity contribution in [3.63, 3.8) is 0 Å². The van der Waals surface area contributed by atoms with E-state index in [1.165, 1.54) is 26.2 Å². The van der Waals surface area contributed by atoms with Gasteiger partial charge in [-0.3, -0.25) is 0 Å². The maximum atomic E-state index is 5.94. The highest BCUT2D eigenvalue weighted by Crippen LogP contribution is 2.27. The quantitative estimate of drug-likeness (QED) is 0.794. The Hall–Kier alpha value is -1.59. The smallest absolute Gasteiger partial charge is 0.192 e. The van der Waals surface area contributed by atoms with E-state index in [1.54, 1.807) is 0 Å². The second kappa shape index (κ2) is 6.67. The Balaban J connectivity index is 1.50. The molecule has 0 aliphatic carbocycles. The van der Waals surface area contributed by atoms with Crippen molar-refractivity contribution in [1.82, 2.24) is 14.8 Å². The van der Waals surface area contributed by atoms with Crippen LogP contribution >= 0.6 is 0 Å². The summed E-state index contributed by atoms with van der Waals surface area (Å²) in [5, 5.41) is 0. The van der Waals surface area contributed by atoms with E-state index < -0.39 is 0 Å². The maximum Gasteiger partial charge on any atom is 0.192 e. The van der Waals surface area contributed by atoms with Gasteiger partial charge in [0.05, 0.1) is 6.61 Å². The van der Waals surface area contributed by atoms with Gasteiger partial charge in [-0.2, -0.15) is 0 Å². The van der Waals surface area contributed by atoms with Crippen molar-refractivity contribution in [2.24, 2.45) is 0 Å².